The van der Waals surface area contributed by atoms with Crippen LogP contribution in [-0.4, -0.2) is 0 Å². The lowest BCUT2D eigenvalue weighted by Crippen LogP contribution is -1.86. The minimum atomic E-state index is 1.02. The third-order valence-corrected chi connectivity index (χ3v) is 13.5. The summed E-state index contributed by atoms with van der Waals surface area (Å²) in [6.07, 6.45) is 0. The van der Waals surface area contributed by atoms with Crippen molar-refractivity contribution in [2.45, 2.75) is 29.4 Å². The summed E-state index contributed by atoms with van der Waals surface area (Å²) in [5.74, 6) is 7.45. The molecule has 0 unspecified atom stereocenters. The van der Waals surface area contributed by atoms with Gasteiger partial charge in [0.2, 0.25) is 0 Å². The molecular formula is C42H30S6. The van der Waals surface area contributed by atoms with E-state index >= 15 is 0 Å². The lowest BCUT2D eigenvalue weighted by atomic mass is 10.4. The van der Waals surface area contributed by atoms with E-state index in [4.69, 9.17) is 0 Å². The van der Waals surface area contributed by atoms with Gasteiger partial charge in [0, 0.05) is 29.4 Å². The highest BCUT2D eigenvalue weighted by atomic mass is 32.2. The molecule has 0 atom stereocenters. The van der Waals surface area contributed by atoms with E-state index in [-0.39, 0.29) is 0 Å². The average molecular weight is 727 g/mol. The topological polar surface area (TPSA) is 0 Å². The maximum atomic E-state index is 3.73. The summed E-state index contributed by atoms with van der Waals surface area (Å²) in [6.45, 7) is 0. The molecule has 0 aliphatic rings. The maximum absolute atomic E-state index is 3.73. The fourth-order valence-corrected chi connectivity index (χ4v) is 10.7. The third kappa shape index (κ3) is 11.0. The molecule has 48 heavy (non-hydrogen) atoms. The van der Waals surface area contributed by atoms with Crippen LogP contribution in [0.1, 0.15) is 0 Å². The summed E-state index contributed by atoms with van der Waals surface area (Å²) in [5.41, 5.74) is 0. The van der Waals surface area contributed by atoms with Crippen LogP contribution in [0.3, 0.4) is 0 Å². The van der Waals surface area contributed by atoms with Crippen molar-refractivity contribution in [1.82, 2.24) is 0 Å². The zero-order chi connectivity index (χ0) is 32.6. The standard InChI is InChI=1S/C42H30S6/c1-7-19-33(20-8-1)43-39(41(45-35-23-11-3-12-24-35)46-36-25-13-4-14-26-36)31-32-40(44-34-21-9-2-10-22-34)42(47-37-27-15-5-16-28-37)48-38-29-17-6-18-30-38/h1-30H. The minimum absolute atomic E-state index is 1.02. The summed E-state index contributed by atoms with van der Waals surface area (Å²) in [4.78, 5) is 9.06. The van der Waals surface area contributed by atoms with Crippen LogP contribution in [0.25, 0.3) is 0 Å². The van der Waals surface area contributed by atoms with Crippen LogP contribution in [-0.2, 0) is 0 Å². The second-order valence-corrected chi connectivity index (χ2v) is 17.0. The number of benzene rings is 6. The van der Waals surface area contributed by atoms with Crippen LogP contribution in [0.2, 0.25) is 0 Å². The molecule has 0 saturated heterocycles. The van der Waals surface area contributed by atoms with Crippen LogP contribution in [0, 0.1) is 11.8 Å². The smallest absolute Gasteiger partial charge is 0.0808 e. The highest BCUT2D eigenvalue weighted by Crippen LogP contribution is 2.47. The molecule has 6 aromatic carbocycles. The van der Waals surface area contributed by atoms with Gasteiger partial charge in [0.1, 0.15) is 0 Å². The van der Waals surface area contributed by atoms with Gasteiger partial charge in [-0.1, -0.05) is 192 Å². The largest absolute Gasteiger partial charge is 0.0832 e. The van der Waals surface area contributed by atoms with E-state index in [0.717, 1.165) is 28.1 Å². The normalized spacial score (nSPS) is 10.4. The first-order valence-electron chi connectivity index (χ1n) is 15.2. The molecule has 0 aliphatic heterocycles. The van der Waals surface area contributed by atoms with Crippen molar-refractivity contribution >= 4 is 70.6 Å². The van der Waals surface area contributed by atoms with Gasteiger partial charge in [-0.2, -0.15) is 0 Å². The second kappa shape index (κ2) is 18.9. The van der Waals surface area contributed by atoms with Gasteiger partial charge in [0.25, 0.3) is 0 Å². The summed E-state index contributed by atoms with van der Waals surface area (Å²) in [6, 6.07) is 63.4. The molecule has 0 nitrogen and oxygen atoms in total. The van der Waals surface area contributed by atoms with Gasteiger partial charge in [-0.25, -0.2) is 0 Å². The molecule has 0 aliphatic carbocycles. The Labute approximate surface area is 309 Å². The minimum Gasteiger partial charge on any atom is -0.0808 e. The Morgan fingerprint density at radius 2 is 0.438 bits per heavy atom. The van der Waals surface area contributed by atoms with E-state index in [2.05, 4.69) is 194 Å². The molecule has 0 spiro atoms. The van der Waals surface area contributed by atoms with E-state index < -0.39 is 0 Å². The van der Waals surface area contributed by atoms with Crippen molar-refractivity contribution in [1.29, 1.82) is 0 Å². The second-order valence-electron chi connectivity index (χ2n) is 9.97. The molecular weight excluding hydrogens is 697 g/mol. The van der Waals surface area contributed by atoms with Gasteiger partial charge in [-0.15, -0.1) is 0 Å². The lowest BCUT2D eigenvalue weighted by molar-refractivity contribution is 1.46. The van der Waals surface area contributed by atoms with E-state index in [9.17, 15) is 0 Å². The van der Waals surface area contributed by atoms with E-state index in [1.54, 1.807) is 70.6 Å². The Morgan fingerprint density at radius 3 is 0.646 bits per heavy atom. The first kappa shape index (κ1) is 34.3. The number of allylic oxidation sites excluding steroid dienone is 2. The maximum Gasteiger partial charge on any atom is 0.0832 e. The molecule has 0 saturated carbocycles. The Hall–Kier alpha value is -3.54. The molecule has 6 heteroatoms. The summed E-state index contributed by atoms with van der Waals surface area (Å²) in [5, 5.41) is 0. The highest BCUT2D eigenvalue weighted by molar-refractivity contribution is 8.24. The summed E-state index contributed by atoms with van der Waals surface area (Å²) >= 11 is 10.5. The fraction of sp³-hybridized carbons (Fsp3) is 0. The number of hydrogen-bond donors (Lipinski definition) is 0. The first-order chi connectivity index (χ1) is 23.8. The number of hydrogen-bond acceptors (Lipinski definition) is 6. The van der Waals surface area contributed by atoms with Gasteiger partial charge in [0.15, 0.2) is 0 Å². The lowest BCUT2D eigenvalue weighted by Gasteiger charge is -2.13. The Balaban J connectivity index is 1.52. The molecule has 0 aromatic heterocycles. The quantitative estimate of drug-likeness (QED) is 0.0903. The predicted octanol–water partition coefficient (Wildman–Crippen LogP) is 14.1. The monoisotopic (exact) mass is 726 g/mol. The van der Waals surface area contributed by atoms with Crippen molar-refractivity contribution < 1.29 is 0 Å². The van der Waals surface area contributed by atoms with Crippen LogP contribution < -0.4 is 0 Å². The highest BCUT2D eigenvalue weighted by Gasteiger charge is 2.15. The first-order valence-corrected chi connectivity index (χ1v) is 20.1. The van der Waals surface area contributed by atoms with Gasteiger partial charge in [0.05, 0.1) is 18.3 Å². The van der Waals surface area contributed by atoms with Crippen molar-refractivity contribution in [2.75, 3.05) is 0 Å². The van der Waals surface area contributed by atoms with E-state index in [0.29, 0.717) is 0 Å². The average Bonchev–Trinajstić information content (AvgIpc) is 3.15. The molecule has 234 valence electrons. The molecule has 6 aromatic rings. The van der Waals surface area contributed by atoms with Crippen LogP contribution >= 0.6 is 70.6 Å². The zero-order valence-corrected chi connectivity index (χ0v) is 30.7. The SMILES string of the molecule is C(#CC(Sc1ccccc1)=C(Sc1ccccc1)Sc1ccccc1)C(Sc1ccccc1)=C(Sc1ccccc1)Sc1ccccc1. The van der Waals surface area contributed by atoms with Crippen molar-refractivity contribution in [3.8, 4) is 11.8 Å². The third-order valence-electron chi connectivity index (χ3n) is 6.40. The van der Waals surface area contributed by atoms with Gasteiger partial charge >= 0.3 is 0 Å². The fourth-order valence-electron chi connectivity index (χ4n) is 4.17. The molecule has 0 fully saturated rings. The van der Waals surface area contributed by atoms with Crippen LogP contribution in [0.5, 0.6) is 0 Å². The van der Waals surface area contributed by atoms with Gasteiger partial charge in [-0.05, 0) is 72.8 Å². The Morgan fingerprint density at radius 1 is 0.250 bits per heavy atom. The molecule has 0 radical (unpaired) electrons. The molecule has 0 bridgehead atoms. The molecule has 6 rings (SSSR count). The summed E-state index contributed by atoms with van der Waals surface area (Å²) in [7, 11) is 0. The van der Waals surface area contributed by atoms with Crippen LogP contribution in [0.4, 0.5) is 0 Å². The molecule has 0 amide bonds. The van der Waals surface area contributed by atoms with Crippen molar-refractivity contribution in [2.24, 2.45) is 0 Å². The van der Waals surface area contributed by atoms with Crippen molar-refractivity contribution in [3.05, 3.63) is 200 Å². The van der Waals surface area contributed by atoms with E-state index in [1.165, 1.54) is 19.6 Å². The molecule has 0 N–H and O–H groups in total. The van der Waals surface area contributed by atoms with Crippen molar-refractivity contribution in [3.63, 3.8) is 0 Å². The van der Waals surface area contributed by atoms with E-state index in [1.807, 2.05) is 0 Å². The number of thioether (sulfide) groups is 6. The predicted molar refractivity (Wildman–Crippen MR) is 216 cm³/mol. The summed E-state index contributed by atoms with van der Waals surface area (Å²) < 4.78 is 2.29. The van der Waals surface area contributed by atoms with Gasteiger partial charge in [-0.3, -0.25) is 0 Å². The molecule has 0 heterocycles. The Kier molecular flexibility index (Phi) is 13.5. The van der Waals surface area contributed by atoms with Gasteiger partial charge < -0.3 is 0 Å². The van der Waals surface area contributed by atoms with Crippen LogP contribution in [0.15, 0.2) is 230 Å². The Bertz CT molecular complexity index is 1750. The zero-order valence-electron chi connectivity index (χ0n) is 25.8. The number of rotatable bonds is 12.